The summed E-state index contributed by atoms with van der Waals surface area (Å²) >= 11 is 3.72. The number of hydroxylamine groups is 2. The van der Waals surface area contributed by atoms with Gasteiger partial charge in [-0.25, -0.2) is 14.4 Å². The number of carbonyl (C=O) groups is 12. The SMILES string of the molecule is CC(SSC(C)C(=O)NCCOCCOCCOCCC(=O)ON1C(=O)CC(S(=O)(=O)O)C1=O)C(=O)NCCNC(=O)c1cc(CC(=O)CCCCCNC(=O)CCCCC2SCC3NC(=O)NC32)cc(CC(=O)CCCCCNC(=O)CCCCC2SCC3NC(=O)NC32)c1. The molecule has 5 fully saturated rings. The lowest BCUT2D eigenvalue weighted by molar-refractivity contribution is -0.198. The van der Waals surface area contributed by atoms with Gasteiger partial charge in [-0.1, -0.05) is 53.3 Å². The first-order chi connectivity index (χ1) is 46.0. The number of fused-ring (bicyclic) bond motifs is 2. The fourth-order valence-electron chi connectivity index (χ4n) is 11.2. The van der Waals surface area contributed by atoms with Crippen molar-refractivity contribution >= 4 is 126 Å². The van der Waals surface area contributed by atoms with Gasteiger partial charge in [0.1, 0.15) is 11.6 Å². The van der Waals surface area contributed by atoms with Gasteiger partial charge in [0.25, 0.3) is 27.8 Å². The van der Waals surface area contributed by atoms with Crippen molar-refractivity contribution in [3.05, 3.63) is 34.9 Å². The Balaban J connectivity index is 0.819. The molecule has 0 saturated carbocycles. The van der Waals surface area contributed by atoms with Gasteiger partial charge in [0.2, 0.25) is 23.6 Å². The number of Topliss-reactive ketones (excluding diaryl/α,β-unsaturated/α-hetero) is 2. The summed E-state index contributed by atoms with van der Waals surface area (Å²) in [5, 5.41) is 23.9. The van der Waals surface area contributed by atoms with Gasteiger partial charge in [0, 0.05) is 98.8 Å². The highest BCUT2D eigenvalue weighted by molar-refractivity contribution is 8.77. The van der Waals surface area contributed by atoms with E-state index in [-0.39, 0.29) is 161 Å². The average molecular weight is 1440 g/mol. The van der Waals surface area contributed by atoms with E-state index in [1.807, 2.05) is 23.5 Å². The van der Waals surface area contributed by atoms with Crippen molar-refractivity contribution in [3.63, 3.8) is 0 Å². The minimum absolute atomic E-state index is 0.00347. The van der Waals surface area contributed by atoms with Crippen LogP contribution in [-0.2, 0) is 85.2 Å². The minimum atomic E-state index is -4.84. The molecule has 5 saturated heterocycles. The number of rotatable bonds is 49. The third-order valence-electron chi connectivity index (χ3n) is 16.3. The number of amides is 11. The Bertz CT molecular complexity index is 2850. The molecule has 5 aliphatic rings. The zero-order chi connectivity index (χ0) is 69.4. The zero-order valence-corrected chi connectivity index (χ0v) is 58.6. The molecule has 29 nitrogen and oxygen atoms in total. The van der Waals surface area contributed by atoms with Crippen molar-refractivity contribution in [2.24, 2.45) is 0 Å². The minimum Gasteiger partial charge on any atom is -0.378 e. The van der Waals surface area contributed by atoms with E-state index < -0.39 is 56.0 Å². The number of ketones is 2. The number of ether oxygens (including phenoxy) is 3. The Labute approximate surface area is 576 Å². The zero-order valence-electron chi connectivity index (χ0n) is 54.5. The van der Waals surface area contributed by atoms with Gasteiger partial charge in [-0.15, -0.1) is 5.06 Å². The number of unbranched alkanes of at least 4 members (excludes halogenated alkanes) is 6. The lowest BCUT2D eigenvalue weighted by atomic mass is 9.96. The largest absolute Gasteiger partial charge is 0.378 e. The molecule has 0 aromatic heterocycles. The summed E-state index contributed by atoms with van der Waals surface area (Å²) in [5.41, 5.74) is 1.47. The first-order valence-electron chi connectivity index (χ1n) is 33.0. The number of urea groups is 2. The fourth-order valence-corrected chi connectivity index (χ4v) is 17.2. The topological polar surface area (TPSA) is 408 Å². The van der Waals surface area contributed by atoms with Crippen molar-refractivity contribution in [1.82, 2.24) is 52.9 Å². The van der Waals surface area contributed by atoms with E-state index in [0.29, 0.717) is 73.2 Å². The number of hydrogen-bond donors (Lipinski definition) is 10. The third-order valence-corrected chi connectivity index (χ3v) is 23.6. The van der Waals surface area contributed by atoms with Crippen LogP contribution in [0.2, 0.25) is 0 Å². The van der Waals surface area contributed by atoms with Gasteiger partial charge in [0.05, 0.1) is 87.2 Å². The van der Waals surface area contributed by atoms with Crippen LogP contribution < -0.4 is 47.9 Å². The van der Waals surface area contributed by atoms with E-state index in [9.17, 15) is 66.0 Å². The number of nitrogens with one attached hydrogen (secondary N) is 9. The quantitative estimate of drug-likeness (QED) is 0.0147. The van der Waals surface area contributed by atoms with Crippen molar-refractivity contribution in [2.45, 2.75) is 193 Å². The van der Waals surface area contributed by atoms with E-state index in [1.165, 1.54) is 21.6 Å². The van der Waals surface area contributed by atoms with Gasteiger partial charge < -0.3 is 66.9 Å². The van der Waals surface area contributed by atoms with Crippen molar-refractivity contribution in [2.75, 3.05) is 83.9 Å². The Kier molecular flexibility index (Phi) is 34.9. The summed E-state index contributed by atoms with van der Waals surface area (Å²) in [6.45, 7) is 5.52. The van der Waals surface area contributed by atoms with Crippen LogP contribution in [-0.4, -0.2) is 223 Å². The predicted octanol–water partition coefficient (Wildman–Crippen LogP) is 2.75. The molecule has 96 heavy (non-hydrogen) atoms. The molecular formula is C62H94N10O19S5. The normalized spacial score (nSPS) is 20.9. The molecule has 0 aliphatic carbocycles. The molecular weight excluding hydrogens is 1350 g/mol. The molecule has 9 atom stereocenters. The summed E-state index contributed by atoms with van der Waals surface area (Å²) in [7, 11) is -2.40. The number of benzene rings is 1. The molecule has 1 aromatic rings. The molecule has 1 aromatic carbocycles. The van der Waals surface area contributed by atoms with Crippen LogP contribution in [0, 0.1) is 0 Å². The maximum absolute atomic E-state index is 13.6. The Morgan fingerprint density at radius 2 is 1.03 bits per heavy atom. The maximum Gasteiger partial charge on any atom is 0.335 e. The van der Waals surface area contributed by atoms with Gasteiger partial charge in [-0.3, -0.25) is 47.7 Å². The summed E-state index contributed by atoms with van der Waals surface area (Å²) in [6.07, 6.45) is 9.78. The molecule has 6 rings (SSSR count). The summed E-state index contributed by atoms with van der Waals surface area (Å²) in [5.74, 6) is -2.73. The number of thioether (sulfide) groups is 2. The molecule has 0 spiro atoms. The highest BCUT2D eigenvalue weighted by atomic mass is 33.1. The van der Waals surface area contributed by atoms with Crippen LogP contribution in [0.4, 0.5) is 9.59 Å². The monoisotopic (exact) mass is 1440 g/mol. The average Bonchev–Trinajstić information content (AvgIpc) is 1.66. The second-order valence-electron chi connectivity index (χ2n) is 24.1. The van der Waals surface area contributed by atoms with E-state index in [1.54, 1.807) is 32.0 Å². The highest BCUT2D eigenvalue weighted by Crippen LogP contribution is 2.35. The lowest BCUT2D eigenvalue weighted by Crippen LogP contribution is -2.38. The van der Waals surface area contributed by atoms with Crippen molar-refractivity contribution in [1.29, 1.82) is 0 Å². The second-order valence-corrected chi connectivity index (χ2v) is 31.2. The van der Waals surface area contributed by atoms with Gasteiger partial charge in [0.15, 0.2) is 5.25 Å². The van der Waals surface area contributed by atoms with Crippen LogP contribution >= 0.6 is 45.1 Å². The molecule has 0 radical (unpaired) electrons. The van der Waals surface area contributed by atoms with Crippen LogP contribution in [0.25, 0.3) is 0 Å². The van der Waals surface area contributed by atoms with Gasteiger partial charge >= 0.3 is 18.0 Å². The van der Waals surface area contributed by atoms with Crippen LogP contribution in [0.15, 0.2) is 18.2 Å². The summed E-state index contributed by atoms with van der Waals surface area (Å²) < 4.78 is 47.7. The molecule has 536 valence electrons. The molecule has 5 heterocycles. The van der Waals surface area contributed by atoms with Crippen molar-refractivity contribution in [3.8, 4) is 0 Å². The van der Waals surface area contributed by atoms with Crippen LogP contribution in [0.5, 0.6) is 0 Å². The third kappa shape index (κ3) is 28.6. The molecule has 34 heteroatoms. The molecule has 10 N–H and O–H groups in total. The van der Waals surface area contributed by atoms with E-state index >= 15 is 0 Å². The maximum atomic E-state index is 13.6. The fraction of sp³-hybridized carbons (Fsp3) is 0.710. The number of imide groups is 1. The molecule has 11 amide bonds. The van der Waals surface area contributed by atoms with E-state index in [4.69, 9.17) is 18.8 Å². The number of nitrogens with zero attached hydrogens (tertiary/aromatic N) is 1. The molecule has 5 aliphatic heterocycles. The van der Waals surface area contributed by atoms with Gasteiger partial charge in [-0.05, 0) is 88.5 Å². The lowest BCUT2D eigenvalue weighted by Gasteiger charge is -2.16. The van der Waals surface area contributed by atoms with Crippen molar-refractivity contribution < 1.29 is 89.6 Å². The first kappa shape index (κ1) is 79.2. The summed E-state index contributed by atoms with van der Waals surface area (Å²) in [4.78, 5) is 155. The Hall–Kier alpha value is -5.75. The number of hydrogen-bond acceptors (Lipinski definition) is 22. The predicted molar refractivity (Wildman–Crippen MR) is 362 cm³/mol. The highest BCUT2D eigenvalue weighted by Gasteiger charge is 2.49. The van der Waals surface area contributed by atoms with Crippen LogP contribution in [0.3, 0.4) is 0 Å². The second kappa shape index (κ2) is 42.3. The Morgan fingerprint density at radius 3 is 1.53 bits per heavy atom. The standard InChI is InChI=1S/C62H94N10O19S5/c1-39(94-95-40(2)58(80)67-24-26-89-28-30-90-29-27-88-25-19-54(78)91-72-53(77)36-50(60(72)82)96(85,86)87)57(79)65-22-23-66-59(81)43-32-41(34-44(73)13-5-3-11-20-63-51(75)17-9-7-15-48-55-46(37-92-48)68-61(83)70-55)31-42(33-43)35-45(74)14-6-4-12-21-64-52(76)18-10-8-16-49-56-47(38-93-49)69-62(84)71-56/h31-33,39-40,46-50,55-56H,3-30,34-38H2,1-2H3,(H,63,75)(H,64,76)(H,65,79)(H,66,81)(H,67,80)(H2,68,70,83)(H2,69,71,84)(H,85,86,87). The van der Waals surface area contributed by atoms with Crippen LogP contribution in [0.1, 0.15) is 151 Å². The Morgan fingerprint density at radius 1 is 0.562 bits per heavy atom. The first-order valence-corrected chi connectivity index (χ1v) is 38.9. The molecule has 9 unspecified atom stereocenters. The van der Waals surface area contributed by atoms with Gasteiger partial charge in [-0.2, -0.15) is 31.9 Å². The number of carbonyl (C=O) groups excluding carboxylic acids is 12. The molecule has 0 bridgehead atoms. The van der Waals surface area contributed by atoms with E-state index in [0.717, 1.165) is 75.7 Å². The summed E-state index contributed by atoms with van der Waals surface area (Å²) in [6, 6.07) is 5.53. The van der Waals surface area contributed by atoms with E-state index in [2.05, 4.69) is 52.7 Å². The smallest absolute Gasteiger partial charge is 0.335 e.